The smallest absolute Gasteiger partial charge is 0.243 e. The van der Waals surface area contributed by atoms with Crippen LogP contribution < -0.4 is 16.0 Å². The molecule has 1 rings (SSSR count). The fraction of sp³-hybridized carbons (Fsp3) is 0.722. The van der Waals surface area contributed by atoms with Gasteiger partial charge in [0.2, 0.25) is 23.6 Å². The zero-order valence-corrected chi connectivity index (χ0v) is 16.8. The molecule has 1 fully saturated rings. The number of hydrogen-bond acceptors (Lipinski definition) is 6. The molecule has 0 radical (unpaired) electrons. The van der Waals surface area contributed by atoms with E-state index >= 15 is 0 Å². The van der Waals surface area contributed by atoms with Crippen molar-refractivity contribution in [1.29, 1.82) is 0 Å². The van der Waals surface area contributed by atoms with Crippen LogP contribution in [0.15, 0.2) is 0 Å². The fourth-order valence-electron chi connectivity index (χ4n) is 2.59. The van der Waals surface area contributed by atoms with Gasteiger partial charge in [-0.25, -0.2) is 0 Å². The van der Waals surface area contributed by atoms with Crippen molar-refractivity contribution in [3.05, 3.63) is 0 Å². The summed E-state index contributed by atoms with van der Waals surface area (Å²) < 4.78 is 0. The minimum Gasteiger partial charge on any atom is -0.354 e. The zero-order chi connectivity index (χ0) is 20.2. The first-order chi connectivity index (χ1) is 12.8. The molecule has 8 nitrogen and oxygen atoms in total. The highest BCUT2D eigenvalue weighted by Gasteiger charge is 2.30. The lowest BCUT2D eigenvalue weighted by Crippen LogP contribution is -2.47. The Labute approximate surface area is 164 Å². The Morgan fingerprint density at radius 1 is 1.22 bits per heavy atom. The van der Waals surface area contributed by atoms with Gasteiger partial charge in [0, 0.05) is 25.8 Å². The van der Waals surface area contributed by atoms with Crippen LogP contribution >= 0.6 is 11.8 Å². The van der Waals surface area contributed by atoms with Crippen molar-refractivity contribution >= 4 is 41.2 Å². The Kier molecular flexibility index (Phi) is 10.7. The summed E-state index contributed by atoms with van der Waals surface area (Å²) in [4.78, 5) is 57.9. The van der Waals surface area contributed by atoms with E-state index < -0.39 is 6.04 Å². The number of Topliss-reactive ketones (excluding diaryl/α,β-unsaturated/α-hetero) is 1. The lowest BCUT2D eigenvalue weighted by atomic mass is 10.1. The van der Waals surface area contributed by atoms with Gasteiger partial charge in [-0.15, -0.1) is 11.8 Å². The van der Waals surface area contributed by atoms with E-state index in [-0.39, 0.29) is 53.9 Å². The van der Waals surface area contributed by atoms with Crippen LogP contribution in [0.1, 0.15) is 58.8 Å². The van der Waals surface area contributed by atoms with Crippen molar-refractivity contribution in [3.63, 3.8) is 0 Å². The van der Waals surface area contributed by atoms with Gasteiger partial charge in [0.15, 0.2) is 0 Å². The van der Waals surface area contributed by atoms with Gasteiger partial charge in [-0.1, -0.05) is 13.3 Å². The molecule has 0 aromatic heterocycles. The molecule has 0 aromatic rings. The maximum absolute atomic E-state index is 12.0. The molecule has 0 saturated carbocycles. The Morgan fingerprint density at radius 2 is 1.96 bits per heavy atom. The predicted octanol–water partition coefficient (Wildman–Crippen LogP) is 0.685. The fourth-order valence-corrected chi connectivity index (χ4v) is 3.72. The van der Waals surface area contributed by atoms with Gasteiger partial charge < -0.3 is 10.6 Å². The summed E-state index contributed by atoms with van der Waals surface area (Å²) in [6.45, 7) is 3.82. The lowest BCUT2D eigenvalue weighted by molar-refractivity contribution is -0.131. The van der Waals surface area contributed by atoms with E-state index in [9.17, 15) is 24.0 Å². The van der Waals surface area contributed by atoms with Crippen molar-refractivity contribution < 1.29 is 24.0 Å². The molecule has 0 aromatic carbocycles. The van der Waals surface area contributed by atoms with Crippen LogP contribution in [0.5, 0.6) is 0 Å². The highest BCUT2D eigenvalue weighted by atomic mass is 32.2. The second-order valence-electron chi connectivity index (χ2n) is 6.60. The minimum absolute atomic E-state index is 0.0138. The molecule has 4 amide bonds. The standard InChI is InChI=1S/C18H29N3O5S/c1-3-8-19-17(25)13(10-12(2)22)20-15(23)7-5-4-6-9-27-14-11-16(24)21-18(14)26/h13-14H,3-11H2,1-2H3,(H,19,25)(H,20,23)(H,21,24,26)/t13-,14?/m0/s1. The minimum atomic E-state index is -0.824. The van der Waals surface area contributed by atoms with Crippen LogP contribution in [0, 0.1) is 0 Å². The summed E-state index contributed by atoms with van der Waals surface area (Å²) >= 11 is 1.46. The number of unbranched alkanes of at least 4 members (excludes halogenated alkanes) is 2. The zero-order valence-electron chi connectivity index (χ0n) is 16.0. The molecule has 27 heavy (non-hydrogen) atoms. The highest BCUT2D eigenvalue weighted by molar-refractivity contribution is 8.00. The van der Waals surface area contributed by atoms with Crippen LogP contribution in [0.25, 0.3) is 0 Å². The number of carbonyl (C=O) groups excluding carboxylic acids is 5. The van der Waals surface area contributed by atoms with Crippen LogP contribution in [0.3, 0.4) is 0 Å². The molecule has 152 valence electrons. The Balaban J connectivity index is 2.21. The molecule has 1 saturated heterocycles. The highest BCUT2D eigenvalue weighted by Crippen LogP contribution is 2.21. The average Bonchev–Trinajstić information content (AvgIpc) is 2.92. The average molecular weight is 400 g/mol. The number of ketones is 1. The molecule has 2 atom stereocenters. The van der Waals surface area contributed by atoms with Gasteiger partial charge in [-0.3, -0.25) is 29.3 Å². The Hall–Kier alpha value is -1.90. The first-order valence-electron chi connectivity index (χ1n) is 9.35. The van der Waals surface area contributed by atoms with Gasteiger partial charge in [0.05, 0.1) is 5.25 Å². The first-order valence-corrected chi connectivity index (χ1v) is 10.4. The molecule has 3 N–H and O–H groups in total. The molecular formula is C18H29N3O5S. The molecule has 9 heteroatoms. The second-order valence-corrected chi connectivity index (χ2v) is 7.91. The van der Waals surface area contributed by atoms with E-state index in [4.69, 9.17) is 0 Å². The van der Waals surface area contributed by atoms with Gasteiger partial charge in [-0.05, 0) is 31.9 Å². The summed E-state index contributed by atoms with van der Waals surface area (Å²) in [5, 5.41) is 7.31. The van der Waals surface area contributed by atoms with Crippen molar-refractivity contribution in [2.75, 3.05) is 12.3 Å². The van der Waals surface area contributed by atoms with Gasteiger partial charge in [-0.2, -0.15) is 0 Å². The number of imide groups is 1. The van der Waals surface area contributed by atoms with Crippen LogP contribution in [-0.4, -0.2) is 53.0 Å². The first kappa shape index (κ1) is 23.1. The topological polar surface area (TPSA) is 121 Å². The third-order valence-corrected chi connectivity index (χ3v) is 5.29. The van der Waals surface area contributed by atoms with E-state index in [0.717, 1.165) is 25.0 Å². The largest absolute Gasteiger partial charge is 0.354 e. The summed E-state index contributed by atoms with van der Waals surface area (Å²) in [7, 11) is 0. The number of nitrogens with one attached hydrogen (secondary N) is 3. The van der Waals surface area contributed by atoms with E-state index in [0.29, 0.717) is 13.0 Å². The lowest BCUT2D eigenvalue weighted by Gasteiger charge is -2.17. The molecule has 0 aliphatic carbocycles. The normalized spacial score (nSPS) is 17.3. The van der Waals surface area contributed by atoms with Gasteiger partial charge in [0.1, 0.15) is 11.8 Å². The molecule has 0 spiro atoms. The number of hydrogen-bond donors (Lipinski definition) is 3. The number of amides is 4. The van der Waals surface area contributed by atoms with E-state index in [1.54, 1.807) is 0 Å². The molecule has 1 heterocycles. The van der Waals surface area contributed by atoms with Crippen molar-refractivity contribution in [1.82, 2.24) is 16.0 Å². The van der Waals surface area contributed by atoms with E-state index in [1.807, 2.05) is 6.92 Å². The number of thioether (sulfide) groups is 1. The van der Waals surface area contributed by atoms with Crippen LogP contribution in [0.4, 0.5) is 0 Å². The van der Waals surface area contributed by atoms with Crippen LogP contribution in [0.2, 0.25) is 0 Å². The third kappa shape index (κ3) is 9.55. The van der Waals surface area contributed by atoms with Gasteiger partial charge >= 0.3 is 0 Å². The number of rotatable bonds is 13. The Bertz CT molecular complexity index is 567. The molecular weight excluding hydrogens is 370 g/mol. The van der Waals surface area contributed by atoms with Gasteiger partial charge in [0.25, 0.3) is 0 Å². The van der Waals surface area contributed by atoms with Crippen molar-refractivity contribution in [2.24, 2.45) is 0 Å². The second kappa shape index (κ2) is 12.5. The molecule has 1 aliphatic rings. The molecule has 1 aliphatic heterocycles. The van der Waals surface area contributed by atoms with Crippen molar-refractivity contribution in [2.45, 2.75) is 70.1 Å². The van der Waals surface area contributed by atoms with E-state index in [1.165, 1.54) is 18.7 Å². The Morgan fingerprint density at radius 3 is 2.56 bits per heavy atom. The predicted molar refractivity (Wildman–Crippen MR) is 103 cm³/mol. The third-order valence-electron chi connectivity index (χ3n) is 3.99. The quantitative estimate of drug-likeness (QED) is 0.309. The number of carbonyl (C=O) groups is 5. The summed E-state index contributed by atoms with van der Waals surface area (Å²) in [6, 6.07) is -0.824. The molecule has 1 unspecified atom stereocenters. The summed E-state index contributed by atoms with van der Waals surface area (Å²) in [5.74, 6) is -0.431. The van der Waals surface area contributed by atoms with Crippen LogP contribution in [-0.2, 0) is 24.0 Å². The monoisotopic (exact) mass is 399 g/mol. The maximum atomic E-state index is 12.0. The molecule has 0 bridgehead atoms. The SMILES string of the molecule is CCCNC(=O)[C@H](CC(C)=O)NC(=O)CCCCCSC1CC(=O)NC1=O. The van der Waals surface area contributed by atoms with Crippen molar-refractivity contribution in [3.8, 4) is 0 Å². The summed E-state index contributed by atoms with van der Waals surface area (Å²) in [6.07, 6.45) is 3.59. The maximum Gasteiger partial charge on any atom is 0.243 e. The van der Waals surface area contributed by atoms with E-state index in [2.05, 4.69) is 16.0 Å². The summed E-state index contributed by atoms with van der Waals surface area (Å²) in [5.41, 5.74) is 0.